The van der Waals surface area contributed by atoms with Crippen LogP contribution in [0.5, 0.6) is 0 Å². The highest BCUT2D eigenvalue weighted by Crippen LogP contribution is 2.28. The summed E-state index contributed by atoms with van der Waals surface area (Å²) in [6.07, 6.45) is 0. The summed E-state index contributed by atoms with van der Waals surface area (Å²) in [7, 11) is 0. The molecule has 4 nitrogen and oxygen atoms in total. The van der Waals surface area contributed by atoms with Crippen molar-refractivity contribution in [1.82, 2.24) is 4.90 Å². The molecule has 1 aliphatic rings. The first-order valence-corrected chi connectivity index (χ1v) is 4.18. The van der Waals surface area contributed by atoms with Crippen molar-refractivity contribution in [2.24, 2.45) is 16.9 Å². The Hall–Kier alpha value is -0.610. The third kappa shape index (κ3) is 2.19. The molecule has 1 unspecified atom stereocenters. The number of nitrogens with two attached hydrogens (primary N) is 2. The summed E-state index contributed by atoms with van der Waals surface area (Å²) in [6.45, 7) is 7.00. The fourth-order valence-corrected chi connectivity index (χ4v) is 1.66. The normalized spacial score (nSPS) is 24.6. The van der Waals surface area contributed by atoms with Crippen LogP contribution in [0.2, 0.25) is 0 Å². The molecule has 0 aromatic carbocycles. The van der Waals surface area contributed by atoms with Gasteiger partial charge in [-0.3, -0.25) is 4.79 Å². The van der Waals surface area contributed by atoms with Crippen molar-refractivity contribution < 1.29 is 4.79 Å². The maximum absolute atomic E-state index is 10.6. The Bertz CT molecular complexity index is 183. The molecule has 0 aromatic rings. The van der Waals surface area contributed by atoms with E-state index in [0.717, 1.165) is 13.1 Å². The van der Waals surface area contributed by atoms with Gasteiger partial charge in [0, 0.05) is 19.6 Å². The summed E-state index contributed by atoms with van der Waals surface area (Å²) in [5, 5.41) is 0. The maximum Gasteiger partial charge on any atom is 0.235 e. The molecule has 12 heavy (non-hydrogen) atoms. The lowest BCUT2D eigenvalue weighted by Gasteiger charge is -2.46. The van der Waals surface area contributed by atoms with Crippen molar-refractivity contribution in [3.05, 3.63) is 0 Å². The first kappa shape index (κ1) is 9.48. The van der Waals surface area contributed by atoms with Crippen molar-refractivity contribution in [3.63, 3.8) is 0 Å². The lowest BCUT2D eigenvalue weighted by Crippen LogP contribution is -2.58. The lowest BCUT2D eigenvalue weighted by molar-refractivity contribution is -0.120. The Morgan fingerprint density at radius 1 is 1.58 bits per heavy atom. The summed E-state index contributed by atoms with van der Waals surface area (Å²) in [5.74, 6) is -0.417. The van der Waals surface area contributed by atoms with Gasteiger partial charge in [-0.1, -0.05) is 13.8 Å². The van der Waals surface area contributed by atoms with E-state index >= 15 is 0 Å². The SMILES string of the molecule is CC1(C)CN(CC(N)C(N)=O)C1. The molecule has 1 amide bonds. The summed E-state index contributed by atoms with van der Waals surface area (Å²) in [6, 6.07) is -0.513. The van der Waals surface area contributed by atoms with E-state index in [-0.39, 0.29) is 0 Å². The average molecular weight is 171 g/mol. The van der Waals surface area contributed by atoms with Gasteiger partial charge in [0.05, 0.1) is 6.04 Å². The van der Waals surface area contributed by atoms with Crippen molar-refractivity contribution >= 4 is 5.91 Å². The zero-order valence-electron chi connectivity index (χ0n) is 7.71. The molecule has 0 radical (unpaired) electrons. The second-order valence-corrected chi connectivity index (χ2v) is 4.34. The van der Waals surface area contributed by atoms with Gasteiger partial charge in [-0.25, -0.2) is 0 Å². The number of primary amides is 1. The van der Waals surface area contributed by atoms with Crippen LogP contribution in [0.3, 0.4) is 0 Å². The Morgan fingerprint density at radius 3 is 2.42 bits per heavy atom. The summed E-state index contributed by atoms with van der Waals surface area (Å²) >= 11 is 0. The smallest absolute Gasteiger partial charge is 0.235 e. The molecule has 1 aliphatic heterocycles. The summed E-state index contributed by atoms with van der Waals surface area (Å²) in [5.41, 5.74) is 10.9. The van der Waals surface area contributed by atoms with Gasteiger partial charge in [0.15, 0.2) is 0 Å². The molecule has 70 valence electrons. The largest absolute Gasteiger partial charge is 0.368 e. The van der Waals surface area contributed by atoms with E-state index < -0.39 is 11.9 Å². The Balaban J connectivity index is 2.23. The van der Waals surface area contributed by atoms with Crippen molar-refractivity contribution in [3.8, 4) is 0 Å². The van der Waals surface area contributed by atoms with E-state index in [4.69, 9.17) is 11.5 Å². The number of likely N-dealkylation sites (tertiary alicyclic amines) is 1. The van der Waals surface area contributed by atoms with Gasteiger partial charge in [-0.15, -0.1) is 0 Å². The van der Waals surface area contributed by atoms with E-state index in [1.165, 1.54) is 0 Å². The summed E-state index contributed by atoms with van der Waals surface area (Å²) < 4.78 is 0. The zero-order valence-corrected chi connectivity index (χ0v) is 7.71. The van der Waals surface area contributed by atoms with Crippen LogP contribution < -0.4 is 11.5 Å². The highest BCUT2D eigenvalue weighted by Gasteiger charge is 2.34. The van der Waals surface area contributed by atoms with Crippen molar-refractivity contribution in [2.45, 2.75) is 19.9 Å². The molecule has 0 aliphatic carbocycles. The van der Waals surface area contributed by atoms with Crippen LogP contribution in [-0.2, 0) is 4.79 Å². The standard InChI is InChI=1S/C8H17N3O/c1-8(2)4-11(5-8)3-6(9)7(10)12/h6H,3-5,9H2,1-2H3,(H2,10,12). The number of rotatable bonds is 3. The topological polar surface area (TPSA) is 72.3 Å². The van der Waals surface area contributed by atoms with Gasteiger partial charge in [-0.05, 0) is 5.41 Å². The van der Waals surface area contributed by atoms with E-state index in [2.05, 4.69) is 18.7 Å². The minimum Gasteiger partial charge on any atom is -0.368 e. The fraction of sp³-hybridized carbons (Fsp3) is 0.875. The minimum atomic E-state index is -0.513. The van der Waals surface area contributed by atoms with Crippen LogP contribution in [0.4, 0.5) is 0 Å². The van der Waals surface area contributed by atoms with Crippen LogP contribution in [0.15, 0.2) is 0 Å². The molecule has 4 heteroatoms. The number of carbonyl (C=O) groups is 1. The first-order valence-electron chi connectivity index (χ1n) is 4.18. The Kier molecular flexibility index (Phi) is 2.39. The average Bonchev–Trinajstić information content (AvgIpc) is 1.83. The van der Waals surface area contributed by atoms with E-state index in [9.17, 15) is 4.79 Å². The van der Waals surface area contributed by atoms with Crippen LogP contribution in [0.1, 0.15) is 13.8 Å². The number of carbonyl (C=O) groups excluding carboxylic acids is 1. The molecule has 0 aromatic heterocycles. The molecular formula is C8H17N3O. The molecular weight excluding hydrogens is 154 g/mol. The molecule has 1 saturated heterocycles. The van der Waals surface area contributed by atoms with Gasteiger partial charge in [-0.2, -0.15) is 0 Å². The van der Waals surface area contributed by atoms with Crippen LogP contribution >= 0.6 is 0 Å². The van der Waals surface area contributed by atoms with Gasteiger partial charge in [0.2, 0.25) is 5.91 Å². The third-order valence-corrected chi connectivity index (χ3v) is 2.12. The molecule has 0 spiro atoms. The number of amides is 1. The van der Waals surface area contributed by atoms with Gasteiger partial charge < -0.3 is 16.4 Å². The van der Waals surface area contributed by atoms with Gasteiger partial charge in [0.25, 0.3) is 0 Å². The fourth-order valence-electron chi connectivity index (χ4n) is 1.66. The Labute approximate surface area is 72.9 Å². The monoisotopic (exact) mass is 171 g/mol. The molecule has 1 heterocycles. The highest BCUT2D eigenvalue weighted by atomic mass is 16.1. The second kappa shape index (κ2) is 3.03. The number of hydrogen-bond acceptors (Lipinski definition) is 3. The van der Waals surface area contributed by atoms with Crippen LogP contribution in [-0.4, -0.2) is 36.5 Å². The maximum atomic E-state index is 10.6. The minimum absolute atomic E-state index is 0.386. The molecule has 1 atom stereocenters. The molecule has 1 rings (SSSR count). The summed E-state index contributed by atoms with van der Waals surface area (Å²) in [4.78, 5) is 12.8. The zero-order chi connectivity index (χ0) is 9.35. The predicted octanol–water partition coefficient (Wildman–Crippen LogP) is -0.859. The molecule has 0 bridgehead atoms. The number of nitrogens with zero attached hydrogens (tertiary/aromatic N) is 1. The van der Waals surface area contributed by atoms with Gasteiger partial charge in [0.1, 0.15) is 0 Å². The van der Waals surface area contributed by atoms with E-state index in [1.807, 2.05) is 0 Å². The van der Waals surface area contributed by atoms with E-state index in [0.29, 0.717) is 12.0 Å². The third-order valence-electron chi connectivity index (χ3n) is 2.12. The predicted molar refractivity (Wildman–Crippen MR) is 47.4 cm³/mol. The van der Waals surface area contributed by atoms with Crippen molar-refractivity contribution in [2.75, 3.05) is 19.6 Å². The molecule has 4 N–H and O–H groups in total. The highest BCUT2D eigenvalue weighted by molar-refractivity contribution is 5.79. The lowest BCUT2D eigenvalue weighted by atomic mass is 9.84. The second-order valence-electron chi connectivity index (χ2n) is 4.34. The van der Waals surface area contributed by atoms with Crippen LogP contribution in [0, 0.1) is 5.41 Å². The van der Waals surface area contributed by atoms with Gasteiger partial charge >= 0.3 is 0 Å². The molecule has 0 saturated carbocycles. The van der Waals surface area contributed by atoms with E-state index in [1.54, 1.807) is 0 Å². The quantitative estimate of drug-likeness (QED) is 0.580. The van der Waals surface area contributed by atoms with Crippen LogP contribution in [0.25, 0.3) is 0 Å². The number of hydrogen-bond donors (Lipinski definition) is 2. The Morgan fingerprint density at radius 2 is 2.08 bits per heavy atom. The molecule has 1 fully saturated rings. The first-order chi connectivity index (χ1) is 5.41. The van der Waals surface area contributed by atoms with Crippen molar-refractivity contribution in [1.29, 1.82) is 0 Å².